The number of nitrogens with one attached hydrogen (secondary N) is 1. The van der Waals surface area contributed by atoms with Crippen LogP contribution in [0, 0.1) is 5.92 Å². The molecule has 0 aliphatic carbocycles. The fourth-order valence-corrected chi connectivity index (χ4v) is 3.02. The van der Waals surface area contributed by atoms with Gasteiger partial charge in [-0.3, -0.25) is 9.69 Å². The van der Waals surface area contributed by atoms with Gasteiger partial charge in [-0.15, -0.1) is 0 Å². The maximum atomic E-state index is 12.1. The molecule has 0 saturated carbocycles. The molecule has 1 aliphatic heterocycles. The van der Waals surface area contributed by atoms with Crippen LogP contribution in [-0.4, -0.2) is 39.2 Å². The highest BCUT2D eigenvalue weighted by Gasteiger charge is 2.26. The van der Waals surface area contributed by atoms with Crippen LogP contribution in [0.2, 0.25) is 5.02 Å². The molecule has 1 fully saturated rings. The van der Waals surface area contributed by atoms with E-state index in [2.05, 4.69) is 14.9 Å². The molecule has 2 aromatic rings. The lowest BCUT2D eigenvalue weighted by Gasteiger charge is -2.16. The SMILES string of the molecule is CC(O)C1CCN(Cc2nc3ccc(Cl)cc3c(=O)[nH]2)C1. The van der Waals surface area contributed by atoms with E-state index in [4.69, 9.17) is 11.6 Å². The van der Waals surface area contributed by atoms with Crippen LogP contribution in [0.4, 0.5) is 0 Å². The molecule has 2 heterocycles. The zero-order valence-corrected chi connectivity index (χ0v) is 12.6. The molecule has 1 aliphatic rings. The maximum absolute atomic E-state index is 12.1. The second-order valence-corrected chi connectivity index (χ2v) is 6.14. The smallest absolute Gasteiger partial charge is 0.258 e. The normalized spacial score (nSPS) is 21.0. The first kappa shape index (κ1) is 14.5. The highest BCUT2D eigenvalue weighted by molar-refractivity contribution is 6.31. The van der Waals surface area contributed by atoms with Crippen molar-refractivity contribution in [3.05, 3.63) is 39.4 Å². The first-order chi connectivity index (χ1) is 10.0. The molecule has 0 spiro atoms. The molecular formula is C15H18ClN3O2. The Balaban J connectivity index is 1.82. The van der Waals surface area contributed by atoms with Crippen LogP contribution >= 0.6 is 11.6 Å². The fraction of sp³-hybridized carbons (Fsp3) is 0.467. The number of nitrogens with zero attached hydrogens (tertiary/aromatic N) is 2. The number of likely N-dealkylation sites (tertiary alicyclic amines) is 1. The van der Waals surface area contributed by atoms with Crippen molar-refractivity contribution in [3.63, 3.8) is 0 Å². The van der Waals surface area contributed by atoms with E-state index >= 15 is 0 Å². The summed E-state index contributed by atoms with van der Waals surface area (Å²) >= 11 is 5.90. The van der Waals surface area contributed by atoms with Crippen molar-refractivity contribution in [1.29, 1.82) is 0 Å². The summed E-state index contributed by atoms with van der Waals surface area (Å²) in [6.45, 7) is 4.17. The Labute approximate surface area is 127 Å². The van der Waals surface area contributed by atoms with Gasteiger partial charge in [-0.2, -0.15) is 0 Å². The largest absolute Gasteiger partial charge is 0.393 e. The van der Waals surface area contributed by atoms with E-state index in [1.165, 1.54) is 0 Å². The van der Waals surface area contributed by atoms with Gasteiger partial charge in [0.1, 0.15) is 5.82 Å². The summed E-state index contributed by atoms with van der Waals surface area (Å²) in [4.78, 5) is 21.6. The summed E-state index contributed by atoms with van der Waals surface area (Å²) in [5.41, 5.74) is 0.494. The summed E-state index contributed by atoms with van der Waals surface area (Å²) in [7, 11) is 0. The van der Waals surface area contributed by atoms with Gasteiger partial charge in [0, 0.05) is 11.6 Å². The van der Waals surface area contributed by atoms with Crippen molar-refractivity contribution in [3.8, 4) is 0 Å². The minimum absolute atomic E-state index is 0.163. The quantitative estimate of drug-likeness (QED) is 0.907. The van der Waals surface area contributed by atoms with Crippen LogP contribution in [-0.2, 0) is 6.54 Å². The van der Waals surface area contributed by atoms with Crippen LogP contribution in [0.25, 0.3) is 10.9 Å². The molecule has 1 aromatic heterocycles. The van der Waals surface area contributed by atoms with Gasteiger partial charge in [-0.25, -0.2) is 4.98 Å². The first-order valence-electron chi connectivity index (χ1n) is 7.12. The third-order valence-electron chi connectivity index (χ3n) is 4.08. The van der Waals surface area contributed by atoms with Crippen molar-refractivity contribution in [2.24, 2.45) is 5.92 Å². The van der Waals surface area contributed by atoms with Crippen LogP contribution in [0.15, 0.2) is 23.0 Å². The Morgan fingerprint density at radius 1 is 1.57 bits per heavy atom. The van der Waals surface area contributed by atoms with Gasteiger partial charge in [0.05, 0.1) is 23.6 Å². The van der Waals surface area contributed by atoms with E-state index in [-0.39, 0.29) is 11.7 Å². The molecule has 0 radical (unpaired) electrons. The summed E-state index contributed by atoms with van der Waals surface area (Å²) in [5.74, 6) is 0.956. The molecule has 2 unspecified atom stereocenters. The monoisotopic (exact) mass is 307 g/mol. The van der Waals surface area contributed by atoms with Gasteiger partial charge in [-0.05, 0) is 44.0 Å². The fourth-order valence-electron chi connectivity index (χ4n) is 2.85. The summed E-state index contributed by atoms with van der Waals surface area (Å²) < 4.78 is 0. The van der Waals surface area contributed by atoms with Crippen LogP contribution in [0.1, 0.15) is 19.2 Å². The Bertz CT molecular complexity index is 714. The molecular weight excluding hydrogens is 290 g/mol. The average Bonchev–Trinajstić information content (AvgIpc) is 2.88. The molecule has 5 nitrogen and oxygen atoms in total. The minimum Gasteiger partial charge on any atom is -0.393 e. The number of hydrogen-bond acceptors (Lipinski definition) is 4. The number of aliphatic hydroxyl groups is 1. The van der Waals surface area contributed by atoms with E-state index in [0.29, 0.717) is 34.2 Å². The Morgan fingerprint density at radius 3 is 3.10 bits per heavy atom. The standard InChI is InChI=1S/C15H18ClN3O2/c1-9(20)10-4-5-19(7-10)8-14-17-13-3-2-11(16)6-12(13)15(21)18-14/h2-3,6,9-10,20H,4-5,7-8H2,1H3,(H,17,18,21). The molecule has 0 bridgehead atoms. The van der Waals surface area contributed by atoms with Gasteiger partial charge in [0.15, 0.2) is 0 Å². The molecule has 6 heteroatoms. The minimum atomic E-state index is -0.291. The van der Waals surface area contributed by atoms with Gasteiger partial charge in [-0.1, -0.05) is 11.6 Å². The van der Waals surface area contributed by atoms with Gasteiger partial charge < -0.3 is 10.1 Å². The lowest BCUT2D eigenvalue weighted by Crippen LogP contribution is -2.26. The molecule has 21 heavy (non-hydrogen) atoms. The molecule has 1 saturated heterocycles. The lowest BCUT2D eigenvalue weighted by atomic mass is 10.0. The van der Waals surface area contributed by atoms with E-state index in [0.717, 1.165) is 19.5 Å². The summed E-state index contributed by atoms with van der Waals surface area (Å²) in [6, 6.07) is 5.13. The Hall–Kier alpha value is -1.43. The predicted octanol–water partition coefficient (Wildman–Crippen LogP) is 1.78. The second kappa shape index (κ2) is 5.75. The number of fused-ring (bicyclic) bond motifs is 1. The Morgan fingerprint density at radius 2 is 2.38 bits per heavy atom. The molecule has 112 valence electrons. The molecule has 3 rings (SSSR count). The zero-order chi connectivity index (χ0) is 15.0. The van der Waals surface area contributed by atoms with Crippen LogP contribution in [0.3, 0.4) is 0 Å². The number of halogens is 1. The van der Waals surface area contributed by atoms with Crippen molar-refractivity contribution < 1.29 is 5.11 Å². The summed E-state index contributed by atoms with van der Waals surface area (Å²) in [6.07, 6.45) is 0.686. The number of aromatic amines is 1. The average molecular weight is 308 g/mol. The van der Waals surface area contributed by atoms with E-state index < -0.39 is 0 Å². The van der Waals surface area contributed by atoms with Gasteiger partial charge in [0.25, 0.3) is 5.56 Å². The number of H-pyrrole nitrogens is 1. The van der Waals surface area contributed by atoms with Crippen LogP contribution < -0.4 is 5.56 Å². The number of aromatic nitrogens is 2. The van der Waals surface area contributed by atoms with Crippen molar-refractivity contribution in [2.45, 2.75) is 26.0 Å². The van der Waals surface area contributed by atoms with Crippen LogP contribution in [0.5, 0.6) is 0 Å². The summed E-state index contributed by atoms with van der Waals surface area (Å²) in [5, 5.41) is 10.7. The number of rotatable bonds is 3. The van der Waals surface area contributed by atoms with Crippen molar-refractivity contribution in [2.75, 3.05) is 13.1 Å². The molecule has 2 N–H and O–H groups in total. The van der Waals surface area contributed by atoms with Crippen molar-refractivity contribution >= 4 is 22.5 Å². The number of benzene rings is 1. The first-order valence-corrected chi connectivity index (χ1v) is 7.49. The third kappa shape index (κ3) is 3.10. The van der Waals surface area contributed by atoms with E-state index in [9.17, 15) is 9.90 Å². The third-order valence-corrected chi connectivity index (χ3v) is 4.32. The van der Waals surface area contributed by atoms with Gasteiger partial charge in [0.2, 0.25) is 0 Å². The molecule has 0 amide bonds. The van der Waals surface area contributed by atoms with Gasteiger partial charge >= 0.3 is 0 Å². The lowest BCUT2D eigenvalue weighted by molar-refractivity contribution is 0.127. The van der Waals surface area contributed by atoms with E-state index in [1.54, 1.807) is 18.2 Å². The topological polar surface area (TPSA) is 69.2 Å². The molecule has 2 atom stereocenters. The number of hydrogen-bond donors (Lipinski definition) is 2. The highest BCUT2D eigenvalue weighted by Crippen LogP contribution is 2.21. The molecule has 1 aromatic carbocycles. The maximum Gasteiger partial charge on any atom is 0.258 e. The Kier molecular flexibility index (Phi) is 3.97. The predicted molar refractivity (Wildman–Crippen MR) is 82.4 cm³/mol. The zero-order valence-electron chi connectivity index (χ0n) is 11.8. The number of aliphatic hydroxyl groups excluding tert-OH is 1. The highest BCUT2D eigenvalue weighted by atomic mass is 35.5. The second-order valence-electron chi connectivity index (χ2n) is 5.70. The van der Waals surface area contributed by atoms with Crippen molar-refractivity contribution in [1.82, 2.24) is 14.9 Å². The van der Waals surface area contributed by atoms with E-state index in [1.807, 2.05) is 6.92 Å².